The van der Waals surface area contributed by atoms with Gasteiger partial charge in [-0.2, -0.15) is 13.2 Å². The fraction of sp³-hybridized carbons (Fsp3) is 0.536. The molecule has 2 aliphatic heterocycles. The lowest BCUT2D eigenvalue weighted by molar-refractivity contribution is -0.188. The van der Waals surface area contributed by atoms with Crippen LogP contribution in [-0.2, 0) is 0 Å². The van der Waals surface area contributed by atoms with Gasteiger partial charge in [-0.1, -0.05) is 41.4 Å². The molecule has 2 aromatic rings. The van der Waals surface area contributed by atoms with Crippen LogP contribution in [-0.4, -0.2) is 116 Å². The summed E-state index contributed by atoms with van der Waals surface area (Å²) < 4.78 is 57.4. The zero-order chi connectivity index (χ0) is 29.2. The molecule has 220 valence electrons. The monoisotopic (exact) mass is 603 g/mol. The zero-order valence-corrected chi connectivity index (χ0v) is 24.4. The van der Waals surface area contributed by atoms with E-state index in [-0.39, 0.29) is 29.7 Å². The van der Waals surface area contributed by atoms with Crippen molar-refractivity contribution in [2.75, 3.05) is 73.5 Å². The summed E-state index contributed by atoms with van der Waals surface area (Å²) >= 11 is 12.4. The standard InChI is InChI=1S/C28H35Cl2F4N5O/c1-35(2)9-10-37-11-13-38(14-12-37)27(40)39-17-22(19-7-8-23(29)24(30)16-19)25(18-39)36(3)26(28(32,33)34)20-5-4-6-21(31)15-20/h4-8,15-16,22,25-26H,9-14,17-18H2,1-3H3. The van der Waals surface area contributed by atoms with Crippen LogP contribution in [0.1, 0.15) is 23.1 Å². The third-order valence-electron chi connectivity index (χ3n) is 7.84. The van der Waals surface area contributed by atoms with E-state index in [1.165, 1.54) is 24.1 Å². The molecule has 2 amide bonds. The molecule has 2 heterocycles. The third-order valence-corrected chi connectivity index (χ3v) is 8.58. The van der Waals surface area contributed by atoms with E-state index in [2.05, 4.69) is 9.80 Å². The number of likely N-dealkylation sites (N-methyl/N-ethyl adjacent to an activating group) is 2. The summed E-state index contributed by atoms with van der Waals surface area (Å²) in [6, 6.07) is 6.62. The van der Waals surface area contributed by atoms with Crippen molar-refractivity contribution in [3.8, 4) is 0 Å². The largest absolute Gasteiger partial charge is 0.408 e. The average Bonchev–Trinajstić information content (AvgIpc) is 3.34. The van der Waals surface area contributed by atoms with Crippen molar-refractivity contribution in [2.24, 2.45) is 0 Å². The molecule has 0 aromatic heterocycles. The second kappa shape index (κ2) is 12.8. The number of nitrogens with zero attached hydrogens (tertiary/aromatic N) is 5. The highest BCUT2D eigenvalue weighted by Crippen LogP contribution is 2.43. The molecule has 4 rings (SSSR count). The van der Waals surface area contributed by atoms with Crippen molar-refractivity contribution in [2.45, 2.75) is 24.2 Å². The number of piperazine rings is 1. The van der Waals surface area contributed by atoms with Crippen LogP contribution in [0.15, 0.2) is 42.5 Å². The maximum Gasteiger partial charge on any atom is 0.408 e. The normalized spacial score (nSPS) is 21.5. The Labute approximate surface area is 243 Å². The molecule has 0 saturated carbocycles. The van der Waals surface area contributed by atoms with Crippen molar-refractivity contribution in [1.82, 2.24) is 24.5 Å². The molecule has 0 radical (unpaired) electrons. The van der Waals surface area contributed by atoms with E-state index in [1.54, 1.807) is 28.0 Å². The van der Waals surface area contributed by atoms with Gasteiger partial charge in [0.2, 0.25) is 0 Å². The number of benzene rings is 2. The number of likely N-dealkylation sites (tertiary alicyclic amines) is 1. The summed E-state index contributed by atoms with van der Waals surface area (Å²) in [7, 11) is 5.42. The van der Waals surface area contributed by atoms with Crippen LogP contribution in [0.4, 0.5) is 22.4 Å². The Hall–Kier alpha value is -2.11. The smallest absolute Gasteiger partial charge is 0.322 e. The number of halogens is 6. The highest BCUT2D eigenvalue weighted by molar-refractivity contribution is 6.42. The Kier molecular flexibility index (Phi) is 9.88. The highest BCUT2D eigenvalue weighted by Gasteiger charge is 2.49. The first-order chi connectivity index (χ1) is 18.8. The molecule has 0 aliphatic carbocycles. The predicted molar refractivity (Wildman–Crippen MR) is 149 cm³/mol. The van der Waals surface area contributed by atoms with Gasteiger partial charge in [0, 0.05) is 64.3 Å². The van der Waals surface area contributed by atoms with Crippen LogP contribution >= 0.6 is 23.2 Å². The number of hydrogen-bond donors (Lipinski definition) is 0. The van der Waals surface area contributed by atoms with Gasteiger partial charge in [-0.25, -0.2) is 9.18 Å². The lowest BCUT2D eigenvalue weighted by Crippen LogP contribution is -2.53. The maximum atomic E-state index is 14.5. The highest BCUT2D eigenvalue weighted by atomic mass is 35.5. The number of urea groups is 1. The summed E-state index contributed by atoms with van der Waals surface area (Å²) in [5, 5.41) is 0.623. The lowest BCUT2D eigenvalue weighted by Gasteiger charge is -2.38. The van der Waals surface area contributed by atoms with Gasteiger partial charge in [0.25, 0.3) is 0 Å². The number of carbonyl (C=O) groups excluding carboxylic acids is 1. The SMILES string of the molecule is CN(C)CCN1CCN(C(=O)N2CC(c3ccc(Cl)c(Cl)c3)C(N(C)C(c3cccc(F)c3)C(F)(F)F)C2)CC1. The molecule has 2 aromatic carbocycles. The predicted octanol–water partition coefficient (Wildman–Crippen LogP) is 5.43. The molecule has 0 spiro atoms. The Morgan fingerprint density at radius 1 is 0.975 bits per heavy atom. The Morgan fingerprint density at radius 2 is 1.68 bits per heavy atom. The fourth-order valence-electron chi connectivity index (χ4n) is 5.65. The average molecular weight is 605 g/mol. The van der Waals surface area contributed by atoms with Crippen molar-refractivity contribution in [3.63, 3.8) is 0 Å². The number of alkyl halides is 3. The second-order valence-corrected chi connectivity index (χ2v) is 11.6. The Morgan fingerprint density at radius 3 is 2.27 bits per heavy atom. The zero-order valence-electron chi connectivity index (χ0n) is 22.8. The molecule has 0 bridgehead atoms. The Balaban J connectivity index is 1.59. The minimum atomic E-state index is -4.68. The quantitative estimate of drug-likeness (QED) is 0.395. The molecule has 3 atom stereocenters. The summed E-state index contributed by atoms with van der Waals surface area (Å²) in [4.78, 5) is 22.6. The fourth-order valence-corrected chi connectivity index (χ4v) is 5.96. The van der Waals surface area contributed by atoms with Gasteiger partial charge in [0.15, 0.2) is 0 Å². The molecule has 12 heteroatoms. The van der Waals surface area contributed by atoms with E-state index in [1.807, 2.05) is 14.1 Å². The van der Waals surface area contributed by atoms with Crippen molar-refractivity contribution < 1.29 is 22.4 Å². The van der Waals surface area contributed by atoms with Crippen LogP contribution in [0.3, 0.4) is 0 Å². The van der Waals surface area contributed by atoms with Gasteiger partial charge in [-0.3, -0.25) is 9.80 Å². The van der Waals surface area contributed by atoms with Gasteiger partial charge in [0.05, 0.1) is 10.0 Å². The van der Waals surface area contributed by atoms with Crippen LogP contribution in [0.2, 0.25) is 10.0 Å². The van der Waals surface area contributed by atoms with Crippen LogP contribution in [0.25, 0.3) is 0 Å². The van der Waals surface area contributed by atoms with Gasteiger partial charge in [0.1, 0.15) is 11.9 Å². The van der Waals surface area contributed by atoms with Crippen molar-refractivity contribution >= 4 is 29.2 Å². The Bertz CT molecular complexity index is 1180. The minimum Gasteiger partial charge on any atom is -0.322 e. The third kappa shape index (κ3) is 7.20. The molecular formula is C28H35Cl2F4N5O. The van der Waals surface area contributed by atoms with Crippen LogP contribution in [0, 0.1) is 5.82 Å². The summed E-state index contributed by atoms with van der Waals surface area (Å²) in [6.45, 7) is 4.72. The van der Waals surface area contributed by atoms with E-state index < -0.39 is 30.0 Å². The molecule has 40 heavy (non-hydrogen) atoms. The topological polar surface area (TPSA) is 33.3 Å². The first-order valence-electron chi connectivity index (χ1n) is 13.2. The van der Waals surface area contributed by atoms with E-state index >= 15 is 0 Å². The lowest BCUT2D eigenvalue weighted by atomic mass is 9.91. The maximum absolute atomic E-state index is 14.5. The first kappa shape index (κ1) is 30.8. The number of amides is 2. The molecule has 2 saturated heterocycles. The van der Waals surface area contributed by atoms with E-state index in [9.17, 15) is 22.4 Å². The van der Waals surface area contributed by atoms with Gasteiger partial charge in [-0.15, -0.1) is 0 Å². The molecule has 2 fully saturated rings. The summed E-state index contributed by atoms with van der Waals surface area (Å²) in [6.07, 6.45) is -4.68. The van der Waals surface area contributed by atoms with Crippen LogP contribution < -0.4 is 0 Å². The van der Waals surface area contributed by atoms with E-state index in [4.69, 9.17) is 23.2 Å². The molecule has 6 nitrogen and oxygen atoms in total. The number of rotatable bonds is 7. The molecule has 2 aliphatic rings. The van der Waals surface area contributed by atoms with E-state index in [0.29, 0.717) is 23.7 Å². The summed E-state index contributed by atoms with van der Waals surface area (Å²) in [5.41, 5.74) is 0.497. The van der Waals surface area contributed by atoms with Gasteiger partial charge < -0.3 is 14.7 Å². The van der Waals surface area contributed by atoms with Gasteiger partial charge >= 0.3 is 12.2 Å². The van der Waals surface area contributed by atoms with Crippen molar-refractivity contribution in [3.05, 3.63) is 69.5 Å². The number of carbonyl (C=O) groups is 1. The van der Waals surface area contributed by atoms with Crippen molar-refractivity contribution in [1.29, 1.82) is 0 Å². The minimum absolute atomic E-state index is 0.0863. The second-order valence-electron chi connectivity index (χ2n) is 10.8. The molecule has 0 N–H and O–H groups in total. The van der Waals surface area contributed by atoms with Gasteiger partial charge in [-0.05, 0) is 56.5 Å². The molecule has 3 unspecified atom stereocenters. The first-order valence-corrected chi connectivity index (χ1v) is 14.0. The van der Waals surface area contributed by atoms with E-state index in [0.717, 1.165) is 38.3 Å². The summed E-state index contributed by atoms with van der Waals surface area (Å²) in [5.74, 6) is -1.21. The molecular weight excluding hydrogens is 569 g/mol. The number of hydrogen-bond acceptors (Lipinski definition) is 4. The van der Waals surface area contributed by atoms with Crippen LogP contribution in [0.5, 0.6) is 0 Å².